The zero-order chi connectivity index (χ0) is 17.5. The smallest absolute Gasteiger partial charge is 0.248 e. The minimum atomic E-state index is -3.03. The molecule has 2 heterocycles. The summed E-state index contributed by atoms with van der Waals surface area (Å²) in [4.78, 5) is 18.3. The SMILES string of the molecule is CCCC(=O)N=C1S[C@H]2CS(=O)(=O)C[C@@H]2N1c1cc(C)ccc1C. The Bertz CT molecular complexity index is 802. The molecule has 2 fully saturated rings. The van der Waals surface area contributed by atoms with Crippen LogP contribution in [0.4, 0.5) is 5.69 Å². The Hall–Kier alpha value is -1.34. The van der Waals surface area contributed by atoms with Crippen molar-refractivity contribution in [2.24, 2.45) is 4.99 Å². The number of carbonyl (C=O) groups excluding carboxylic acids is 1. The second-order valence-electron chi connectivity index (χ2n) is 6.50. The molecule has 1 amide bonds. The van der Waals surface area contributed by atoms with Crippen LogP contribution in [0.1, 0.15) is 30.9 Å². The van der Waals surface area contributed by atoms with Crippen molar-refractivity contribution in [3.63, 3.8) is 0 Å². The highest BCUT2D eigenvalue weighted by Crippen LogP contribution is 2.42. The molecule has 0 radical (unpaired) electrons. The maximum atomic E-state index is 12.1. The molecule has 0 aliphatic carbocycles. The first-order valence-corrected chi connectivity index (χ1v) is 10.9. The third-order valence-corrected chi connectivity index (χ3v) is 7.58. The number of sulfone groups is 1. The third-order valence-electron chi connectivity index (χ3n) is 4.37. The van der Waals surface area contributed by atoms with Crippen LogP contribution in [0.5, 0.6) is 0 Å². The molecule has 0 saturated carbocycles. The van der Waals surface area contributed by atoms with Crippen molar-refractivity contribution in [3.8, 4) is 0 Å². The average Bonchev–Trinajstić information content (AvgIpc) is 2.93. The lowest BCUT2D eigenvalue weighted by Gasteiger charge is -2.26. The Morgan fingerprint density at radius 1 is 1.33 bits per heavy atom. The van der Waals surface area contributed by atoms with E-state index in [0.717, 1.165) is 23.2 Å². The van der Waals surface area contributed by atoms with E-state index >= 15 is 0 Å². The lowest BCUT2D eigenvalue weighted by molar-refractivity contribution is -0.117. The first-order chi connectivity index (χ1) is 11.3. The number of thioether (sulfide) groups is 1. The van der Waals surface area contributed by atoms with Crippen LogP contribution in [0.15, 0.2) is 23.2 Å². The van der Waals surface area contributed by atoms with Gasteiger partial charge in [0.1, 0.15) is 0 Å². The molecule has 0 unspecified atom stereocenters. The second kappa shape index (κ2) is 6.52. The summed E-state index contributed by atoms with van der Waals surface area (Å²) in [6, 6.07) is 5.96. The van der Waals surface area contributed by atoms with Gasteiger partial charge < -0.3 is 4.90 Å². The molecule has 24 heavy (non-hydrogen) atoms. The topological polar surface area (TPSA) is 66.8 Å². The largest absolute Gasteiger partial charge is 0.315 e. The fourth-order valence-corrected chi connectivity index (χ4v) is 7.13. The van der Waals surface area contributed by atoms with Crippen molar-refractivity contribution < 1.29 is 13.2 Å². The van der Waals surface area contributed by atoms with Crippen molar-refractivity contribution in [2.75, 3.05) is 16.4 Å². The van der Waals surface area contributed by atoms with Gasteiger partial charge in [-0.3, -0.25) is 4.79 Å². The van der Waals surface area contributed by atoms with Gasteiger partial charge in [0.2, 0.25) is 5.91 Å². The van der Waals surface area contributed by atoms with Gasteiger partial charge in [-0.05, 0) is 37.5 Å². The number of aryl methyl sites for hydroxylation is 2. The number of amides is 1. The molecule has 0 bridgehead atoms. The Balaban J connectivity index is 2.04. The monoisotopic (exact) mass is 366 g/mol. The number of aliphatic imine (C=N–C) groups is 1. The van der Waals surface area contributed by atoms with E-state index in [1.54, 1.807) is 0 Å². The summed E-state index contributed by atoms with van der Waals surface area (Å²) < 4.78 is 24.1. The number of hydrogen-bond donors (Lipinski definition) is 0. The van der Waals surface area contributed by atoms with Crippen molar-refractivity contribution in [3.05, 3.63) is 29.3 Å². The second-order valence-corrected chi connectivity index (χ2v) is 9.86. The number of hydrogen-bond acceptors (Lipinski definition) is 4. The molecule has 0 spiro atoms. The molecule has 3 rings (SSSR count). The Labute approximate surface area is 147 Å². The van der Waals surface area contributed by atoms with Crippen molar-refractivity contribution >= 4 is 38.4 Å². The van der Waals surface area contributed by atoms with E-state index in [0.29, 0.717) is 11.6 Å². The van der Waals surface area contributed by atoms with Crippen molar-refractivity contribution in [1.82, 2.24) is 0 Å². The molecule has 0 N–H and O–H groups in total. The normalized spacial score (nSPS) is 26.8. The van der Waals surface area contributed by atoms with Gasteiger partial charge in [0.15, 0.2) is 15.0 Å². The van der Waals surface area contributed by atoms with Gasteiger partial charge >= 0.3 is 0 Å². The van der Waals surface area contributed by atoms with E-state index in [1.807, 2.05) is 43.9 Å². The Morgan fingerprint density at radius 2 is 2.08 bits per heavy atom. The van der Waals surface area contributed by atoms with Crippen LogP contribution in [0.25, 0.3) is 0 Å². The Kier molecular flexibility index (Phi) is 4.75. The quantitative estimate of drug-likeness (QED) is 0.823. The number of benzene rings is 1. The van der Waals surface area contributed by atoms with E-state index < -0.39 is 9.84 Å². The molecule has 1 aromatic carbocycles. The molecule has 7 heteroatoms. The molecule has 5 nitrogen and oxygen atoms in total. The van der Waals surface area contributed by atoms with E-state index in [-0.39, 0.29) is 28.7 Å². The zero-order valence-corrected chi connectivity index (χ0v) is 15.8. The molecular weight excluding hydrogens is 344 g/mol. The molecule has 2 saturated heterocycles. The lowest BCUT2D eigenvalue weighted by Crippen LogP contribution is -2.38. The minimum absolute atomic E-state index is 0.0527. The predicted molar refractivity (Wildman–Crippen MR) is 99.6 cm³/mol. The highest BCUT2D eigenvalue weighted by atomic mass is 32.2. The maximum Gasteiger partial charge on any atom is 0.248 e. The van der Waals surface area contributed by atoms with Crippen LogP contribution >= 0.6 is 11.8 Å². The first kappa shape index (κ1) is 17.5. The van der Waals surface area contributed by atoms with Gasteiger partial charge in [-0.1, -0.05) is 30.8 Å². The fraction of sp³-hybridized carbons (Fsp3) is 0.529. The standard InChI is InChI=1S/C17H22N2O3S2/c1-4-5-16(20)18-17-19(13-8-11(2)6-7-12(13)3)14-9-24(21,22)10-15(14)23-17/h6-8,14-15H,4-5,9-10H2,1-3H3/t14-,15-/m0/s1. The molecule has 2 aliphatic rings. The first-order valence-electron chi connectivity index (χ1n) is 8.16. The van der Waals surface area contributed by atoms with Crippen LogP contribution < -0.4 is 4.90 Å². The van der Waals surface area contributed by atoms with E-state index in [9.17, 15) is 13.2 Å². The van der Waals surface area contributed by atoms with Gasteiger partial charge in [-0.25, -0.2) is 8.42 Å². The van der Waals surface area contributed by atoms with Crippen LogP contribution in [0.2, 0.25) is 0 Å². The van der Waals surface area contributed by atoms with Crippen LogP contribution in [-0.2, 0) is 14.6 Å². The summed E-state index contributed by atoms with van der Waals surface area (Å²) in [6.07, 6.45) is 1.17. The van der Waals surface area contributed by atoms with Crippen molar-refractivity contribution in [2.45, 2.75) is 44.9 Å². The number of nitrogens with zero attached hydrogens (tertiary/aromatic N) is 2. The maximum absolute atomic E-state index is 12.1. The highest BCUT2D eigenvalue weighted by molar-refractivity contribution is 8.16. The number of rotatable bonds is 3. The van der Waals surface area contributed by atoms with Gasteiger partial charge in [-0.15, -0.1) is 0 Å². The summed E-state index contributed by atoms with van der Waals surface area (Å²) in [5.74, 6) is 0.141. The number of carbonyl (C=O) groups is 1. The molecule has 2 atom stereocenters. The van der Waals surface area contributed by atoms with Crippen LogP contribution in [-0.4, -0.2) is 42.3 Å². The number of anilines is 1. The van der Waals surface area contributed by atoms with Gasteiger partial charge in [0.25, 0.3) is 0 Å². The summed E-state index contributed by atoms with van der Waals surface area (Å²) in [7, 11) is -3.03. The van der Waals surface area contributed by atoms with Gasteiger partial charge in [0, 0.05) is 17.4 Å². The number of fused-ring (bicyclic) bond motifs is 1. The summed E-state index contributed by atoms with van der Waals surface area (Å²) in [6.45, 7) is 5.96. The van der Waals surface area contributed by atoms with Gasteiger partial charge in [-0.2, -0.15) is 4.99 Å². The molecule has 1 aromatic rings. The summed E-state index contributed by atoms with van der Waals surface area (Å²) in [5, 5.41) is 0.593. The van der Waals surface area contributed by atoms with E-state index in [2.05, 4.69) is 4.99 Å². The molecule has 0 aromatic heterocycles. The number of amidine groups is 1. The van der Waals surface area contributed by atoms with E-state index in [1.165, 1.54) is 11.8 Å². The summed E-state index contributed by atoms with van der Waals surface area (Å²) in [5.41, 5.74) is 3.11. The third kappa shape index (κ3) is 3.37. The molecule has 130 valence electrons. The Morgan fingerprint density at radius 3 is 2.79 bits per heavy atom. The fourth-order valence-electron chi connectivity index (χ4n) is 3.20. The highest BCUT2D eigenvalue weighted by Gasteiger charge is 2.49. The zero-order valence-electron chi connectivity index (χ0n) is 14.2. The predicted octanol–water partition coefficient (Wildman–Crippen LogP) is 2.70. The lowest BCUT2D eigenvalue weighted by atomic mass is 10.1. The van der Waals surface area contributed by atoms with Crippen molar-refractivity contribution in [1.29, 1.82) is 0 Å². The van der Waals surface area contributed by atoms with Gasteiger partial charge in [0.05, 0.1) is 17.5 Å². The molecule has 2 aliphatic heterocycles. The van der Waals surface area contributed by atoms with Crippen LogP contribution in [0, 0.1) is 13.8 Å². The molecular formula is C17H22N2O3S2. The average molecular weight is 367 g/mol. The van der Waals surface area contributed by atoms with Crippen LogP contribution in [0.3, 0.4) is 0 Å². The summed E-state index contributed by atoms with van der Waals surface area (Å²) >= 11 is 1.43. The minimum Gasteiger partial charge on any atom is -0.315 e. The van der Waals surface area contributed by atoms with E-state index in [4.69, 9.17) is 0 Å².